The largest absolute Gasteiger partial charge is 0.444 e. The normalized spacial score (nSPS) is 14.8. The molecule has 1 aromatic rings. The molecule has 0 N–H and O–H groups in total. The van der Waals surface area contributed by atoms with Gasteiger partial charge in [0.05, 0.1) is 6.42 Å². The molecule has 0 saturated carbocycles. The topological polar surface area (TPSA) is 88.5 Å². The fraction of sp³-hybridized carbons (Fsp3) is 0.600. The molecule has 1 aliphatic rings. The SMILES string of the molecule is C/C(CC(=O)c1ccc2c(c1)CCN(C(=O)OC(C)(C)C)CC2)=N/N(C)C(=O)OC(C)(C)C. The zero-order chi connectivity index (χ0) is 25.0. The lowest BCUT2D eigenvalue weighted by Gasteiger charge is -2.26. The Morgan fingerprint density at radius 1 is 0.970 bits per heavy atom. The number of Topliss-reactive ketones (excluding diaryl/α,β-unsaturated/α-hetero) is 1. The van der Waals surface area contributed by atoms with Crippen LogP contribution in [0.4, 0.5) is 9.59 Å². The zero-order valence-electron chi connectivity index (χ0n) is 21.2. The van der Waals surface area contributed by atoms with E-state index in [0.29, 0.717) is 37.2 Å². The van der Waals surface area contributed by atoms with Crippen molar-refractivity contribution in [3.05, 3.63) is 34.9 Å². The van der Waals surface area contributed by atoms with Gasteiger partial charge in [0.2, 0.25) is 0 Å². The van der Waals surface area contributed by atoms with Crippen molar-refractivity contribution in [1.82, 2.24) is 9.91 Å². The minimum Gasteiger partial charge on any atom is -0.444 e. The molecule has 8 nitrogen and oxygen atoms in total. The van der Waals surface area contributed by atoms with Crippen LogP contribution >= 0.6 is 0 Å². The van der Waals surface area contributed by atoms with Crippen LogP contribution in [0.25, 0.3) is 0 Å². The van der Waals surface area contributed by atoms with Crippen molar-refractivity contribution >= 4 is 23.7 Å². The molecule has 0 atom stereocenters. The summed E-state index contributed by atoms with van der Waals surface area (Å²) in [5.41, 5.74) is 2.14. The van der Waals surface area contributed by atoms with Gasteiger partial charge in [0, 0.05) is 31.4 Å². The summed E-state index contributed by atoms with van der Waals surface area (Å²) < 4.78 is 10.8. The molecule has 1 heterocycles. The molecule has 0 unspecified atom stereocenters. The molecule has 0 aliphatic carbocycles. The van der Waals surface area contributed by atoms with Gasteiger partial charge in [0.1, 0.15) is 11.2 Å². The van der Waals surface area contributed by atoms with E-state index >= 15 is 0 Å². The molecule has 1 aromatic carbocycles. The zero-order valence-corrected chi connectivity index (χ0v) is 21.2. The van der Waals surface area contributed by atoms with Crippen LogP contribution in [0.3, 0.4) is 0 Å². The lowest BCUT2D eigenvalue weighted by Crippen LogP contribution is -2.38. The molecule has 0 aromatic heterocycles. The molecule has 0 bridgehead atoms. The summed E-state index contributed by atoms with van der Waals surface area (Å²) in [4.78, 5) is 39.0. The molecule has 0 saturated heterocycles. The maximum Gasteiger partial charge on any atom is 0.430 e. The average molecular weight is 460 g/mol. The highest BCUT2D eigenvalue weighted by Gasteiger charge is 2.25. The van der Waals surface area contributed by atoms with E-state index in [0.717, 1.165) is 16.1 Å². The Bertz CT molecular complexity index is 925. The number of carbonyl (C=O) groups excluding carboxylic acids is 3. The molecule has 2 rings (SSSR count). The van der Waals surface area contributed by atoms with Gasteiger partial charge in [-0.2, -0.15) is 5.10 Å². The van der Waals surface area contributed by atoms with Gasteiger partial charge < -0.3 is 14.4 Å². The Hall–Kier alpha value is -2.90. The van der Waals surface area contributed by atoms with Crippen molar-refractivity contribution < 1.29 is 23.9 Å². The number of carbonyl (C=O) groups is 3. The van der Waals surface area contributed by atoms with Gasteiger partial charge in [0.25, 0.3) is 0 Å². The molecule has 0 radical (unpaired) electrons. The Kier molecular flexibility index (Phi) is 8.27. The van der Waals surface area contributed by atoms with Crippen molar-refractivity contribution in [1.29, 1.82) is 0 Å². The number of amides is 2. The van der Waals surface area contributed by atoms with E-state index in [1.165, 1.54) is 7.05 Å². The highest BCUT2D eigenvalue weighted by atomic mass is 16.6. The van der Waals surface area contributed by atoms with Crippen molar-refractivity contribution in [3.8, 4) is 0 Å². The molecule has 33 heavy (non-hydrogen) atoms. The second kappa shape index (κ2) is 10.4. The summed E-state index contributed by atoms with van der Waals surface area (Å²) in [6.07, 6.45) is 0.575. The maximum absolute atomic E-state index is 12.8. The summed E-state index contributed by atoms with van der Waals surface area (Å²) >= 11 is 0. The fourth-order valence-corrected chi connectivity index (χ4v) is 3.40. The van der Waals surface area contributed by atoms with E-state index in [1.807, 2.05) is 39.0 Å². The second-order valence-electron chi connectivity index (χ2n) is 10.4. The predicted molar refractivity (Wildman–Crippen MR) is 128 cm³/mol. The van der Waals surface area contributed by atoms with Crippen LogP contribution in [0, 0.1) is 0 Å². The van der Waals surface area contributed by atoms with Crippen molar-refractivity contribution in [3.63, 3.8) is 0 Å². The van der Waals surface area contributed by atoms with E-state index in [1.54, 1.807) is 32.6 Å². The average Bonchev–Trinajstić information content (AvgIpc) is 2.87. The standard InChI is InChI=1S/C25H37N3O5/c1-17(26-27(8)22(30)32-24(2,3)4)15-21(29)20-10-9-18-11-13-28(14-12-19(18)16-20)23(31)33-25(5,6)7/h9-10,16H,11-15H2,1-8H3/b26-17-. The van der Waals surface area contributed by atoms with Gasteiger partial charge >= 0.3 is 12.2 Å². The van der Waals surface area contributed by atoms with E-state index in [9.17, 15) is 14.4 Å². The van der Waals surface area contributed by atoms with Crippen molar-refractivity contribution in [2.75, 3.05) is 20.1 Å². The Morgan fingerprint density at radius 3 is 2.12 bits per heavy atom. The number of fused-ring (bicyclic) bond motifs is 1. The molecular formula is C25H37N3O5. The number of hydrogen-bond acceptors (Lipinski definition) is 6. The third kappa shape index (κ3) is 8.51. The van der Waals surface area contributed by atoms with Crippen LogP contribution in [-0.2, 0) is 22.3 Å². The number of ketones is 1. The first kappa shape index (κ1) is 26.4. The fourth-order valence-electron chi connectivity index (χ4n) is 3.40. The number of ether oxygens (including phenoxy) is 2. The minimum absolute atomic E-state index is 0.0788. The highest BCUT2D eigenvalue weighted by molar-refractivity contribution is 6.09. The first-order valence-corrected chi connectivity index (χ1v) is 11.3. The number of benzene rings is 1. The lowest BCUT2D eigenvalue weighted by atomic mass is 9.97. The smallest absolute Gasteiger partial charge is 0.430 e. The van der Waals surface area contributed by atoms with E-state index in [-0.39, 0.29) is 18.3 Å². The molecule has 0 fully saturated rings. The van der Waals surface area contributed by atoms with E-state index in [2.05, 4.69) is 5.10 Å². The second-order valence-corrected chi connectivity index (χ2v) is 10.4. The Morgan fingerprint density at radius 2 is 1.55 bits per heavy atom. The Labute approximate surface area is 196 Å². The number of nitrogens with zero attached hydrogens (tertiary/aromatic N) is 3. The van der Waals surface area contributed by atoms with E-state index in [4.69, 9.17) is 9.47 Å². The number of hydrazone groups is 1. The van der Waals surface area contributed by atoms with Crippen LogP contribution in [-0.4, -0.2) is 64.9 Å². The van der Waals surface area contributed by atoms with Gasteiger partial charge in [0.15, 0.2) is 5.78 Å². The molecular weight excluding hydrogens is 422 g/mol. The highest BCUT2D eigenvalue weighted by Crippen LogP contribution is 2.21. The van der Waals surface area contributed by atoms with Crippen LogP contribution < -0.4 is 0 Å². The van der Waals surface area contributed by atoms with Crippen LogP contribution in [0.5, 0.6) is 0 Å². The van der Waals surface area contributed by atoms with Crippen LogP contribution in [0.15, 0.2) is 23.3 Å². The maximum atomic E-state index is 12.8. The molecule has 2 amide bonds. The van der Waals surface area contributed by atoms with Crippen LogP contribution in [0.1, 0.15) is 76.4 Å². The first-order valence-electron chi connectivity index (χ1n) is 11.3. The third-order valence-corrected chi connectivity index (χ3v) is 4.88. The summed E-state index contributed by atoms with van der Waals surface area (Å²) in [5, 5.41) is 5.29. The molecule has 182 valence electrons. The van der Waals surface area contributed by atoms with Crippen molar-refractivity contribution in [2.45, 2.75) is 78.9 Å². The van der Waals surface area contributed by atoms with Gasteiger partial charge in [-0.3, -0.25) is 4.79 Å². The van der Waals surface area contributed by atoms with Crippen LogP contribution in [0.2, 0.25) is 0 Å². The monoisotopic (exact) mass is 459 g/mol. The Balaban J connectivity index is 2.03. The molecule has 8 heteroatoms. The molecule has 1 aliphatic heterocycles. The van der Waals surface area contributed by atoms with E-state index < -0.39 is 17.3 Å². The van der Waals surface area contributed by atoms with Crippen molar-refractivity contribution in [2.24, 2.45) is 5.10 Å². The summed E-state index contributed by atoms with van der Waals surface area (Å²) in [5.74, 6) is -0.0788. The quantitative estimate of drug-likeness (QED) is 0.365. The van der Waals surface area contributed by atoms with Gasteiger partial charge in [-0.25, -0.2) is 14.6 Å². The summed E-state index contributed by atoms with van der Waals surface area (Å²) in [7, 11) is 1.50. The molecule has 0 spiro atoms. The first-order chi connectivity index (χ1) is 15.1. The number of hydrogen-bond donors (Lipinski definition) is 0. The summed E-state index contributed by atoms with van der Waals surface area (Å²) in [6, 6.07) is 5.68. The van der Waals surface area contributed by atoms with Gasteiger partial charge in [-0.15, -0.1) is 0 Å². The summed E-state index contributed by atoms with van der Waals surface area (Å²) in [6.45, 7) is 13.7. The van der Waals surface area contributed by atoms with Gasteiger partial charge in [-0.05, 0) is 78.5 Å². The third-order valence-electron chi connectivity index (χ3n) is 4.88. The predicted octanol–water partition coefficient (Wildman–Crippen LogP) is 4.84. The lowest BCUT2D eigenvalue weighted by molar-refractivity contribution is 0.0256. The number of rotatable bonds is 4. The van der Waals surface area contributed by atoms with Gasteiger partial charge in [-0.1, -0.05) is 12.1 Å². The minimum atomic E-state index is -0.620.